The van der Waals surface area contributed by atoms with Crippen LogP contribution in [0.3, 0.4) is 0 Å². The molecule has 2 N–H and O–H groups in total. The van der Waals surface area contributed by atoms with Crippen LogP contribution in [0.15, 0.2) is 18.3 Å². The Morgan fingerprint density at radius 3 is 2.86 bits per heavy atom. The zero-order valence-corrected chi connectivity index (χ0v) is 12.5. The molecule has 1 aliphatic heterocycles. The fourth-order valence-electron chi connectivity index (χ4n) is 1.87. The molecule has 2 heterocycles. The molecule has 0 saturated carbocycles. The number of alkyl carbamates (subject to hydrolysis) is 1. The molecule has 7 heteroatoms. The third-order valence-electron chi connectivity index (χ3n) is 2.75. The monoisotopic (exact) mass is 293 g/mol. The molecule has 0 bridgehead atoms. The number of anilines is 1. The lowest BCUT2D eigenvalue weighted by Crippen LogP contribution is -2.52. The standard InChI is InChI=1S/C14H19N3O4/c1-8-10(16-13(19)21-14(2,3)4)12(18)17-11-9(20-8)6-5-7-15-11/h5-8,10H,1-4H3,(H,16,19)(H,15,17,18)/t8-,10?/m1/s1. The zero-order chi connectivity index (χ0) is 15.6. The predicted molar refractivity (Wildman–Crippen MR) is 76.1 cm³/mol. The Kier molecular flexibility index (Phi) is 4.02. The van der Waals surface area contributed by atoms with Gasteiger partial charge in [-0.25, -0.2) is 9.78 Å². The Bertz CT molecular complexity index is 553. The van der Waals surface area contributed by atoms with Gasteiger partial charge in [-0.1, -0.05) is 0 Å². The van der Waals surface area contributed by atoms with Gasteiger partial charge in [0.25, 0.3) is 5.91 Å². The Labute approximate surface area is 123 Å². The highest BCUT2D eigenvalue weighted by Gasteiger charge is 2.34. The number of hydrogen-bond acceptors (Lipinski definition) is 5. The van der Waals surface area contributed by atoms with Crippen LogP contribution in [0.1, 0.15) is 27.7 Å². The van der Waals surface area contributed by atoms with Gasteiger partial charge in [-0.2, -0.15) is 0 Å². The maximum absolute atomic E-state index is 12.2. The molecule has 2 rings (SSSR count). The molecule has 0 radical (unpaired) electrons. The molecule has 1 unspecified atom stereocenters. The van der Waals surface area contributed by atoms with E-state index < -0.39 is 29.7 Å². The molecule has 0 spiro atoms. The lowest BCUT2D eigenvalue weighted by molar-refractivity contribution is -0.119. The van der Waals surface area contributed by atoms with Crippen molar-refractivity contribution in [2.45, 2.75) is 45.4 Å². The Hall–Kier alpha value is -2.31. The lowest BCUT2D eigenvalue weighted by Gasteiger charge is -2.24. The summed E-state index contributed by atoms with van der Waals surface area (Å²) in [6.45, 7) is 6.95. The molecular weight excluding hydrogens is 274 g/mol. The van der Waals surface area contributed by atoms with E-state index in [0.29, 0.717) is 11.6 Å². The van der Waals surface area contributed by atoms with Crippen molar-refractivity contribution >= 4 is 17.8 Å². The van der Waals surface area contributed by atoms with Crippen LogP contribution in [0.4, 0.5) is 10.6 Å². The smallest absolute Gasteiger partial charge is 0.408 e. The van der Waals surface area contributed by atoms with Gasteiger partial charge in [-0.3, -0.25) is 4.79 Å². The van der Waals surface area contributed by atoms with E-state index in [1.807, 2.05) is 0 Å². The molecule has 0 aromatic carbocycles. The van der Waals surface area contributed by atoms with E-state index >= 15 is 0 Å². The summed E-state index contributed by atoms with van der Waals surface area (Å²) < 4.78 is 10.8. The van der Waals surface area contributed by atoms with Crippen molar-refractivity contribution in [1.82, 2.24) is 10.3 Å². The summed E-state index contributed by atoms with van der Waals surface area (Å²) >= 11 is 0. The molecule has 1 aromatic heterocycles. The van der Waals surface area contributed by atoms with Crippen molar-refractivity contribution in [3.8, 4) is 5.75 Å². The van der Waals surface area contributed by atoms with Crippen molar-refractivity contribution < 1.29 is 19.1 Å². The number of fused-ring (bicyclic) bond motifs is 1. The normalized spacial score (nSPS) is 21.4. The van der Waals surface area contributed by atoms with Crippen LogP contribution in [0.2, 0.25) is 0 Å². The number of carbonyl (C=O) groups excluding carboxylic acids is 2. The summed E-state index contributed by atoms with van der Waals surface area (Å²) in [5, 5.41) is 5.15. The minimum atomic E-state index is -0.867. The summed E-state index contributed by atoms with van der Waals surface area (Å²) in [4.78, 5) is 28.0. The fraction of sp³-hybridized carbons (Fsp3) is 0.500. The molecule has 2 amide bonds. The number of carbonyl (C=O) groups is 2. The van der Waals surface area contributed by atoms with Crippen molar-refractivity contribution in [2.24, 2.45) is 0 Å². The van der Waals surface area contributed by atoms with Crippen molar-refractivity contribution in [2.75, 3.05) is 5.32 Å². The van der Waals surface area contributed by atoms with Gasteiger partial charge in [0.1, 0.15) is 17.7 Å². The maximum atomic E-state index is 12.2. The SMILES string of the molecule is C[C@H]1Oc2cccnc2NC(=O)C1NC(=O)OC(C)(C)C. The Morgan fingerprint density at radius 2 is 2.19 bits per heavy atom. The molecule has 114 valence electrons. The summed E-state index contributed by atoms with van der Waals surface area (Å²) in [5.74, 6) is 0.403. The molecule has 2 atom stereocenters. The average Bonchev–Trinajstić information content (AvgIpc) is 2.46. The first-order valence-corrected chi connectivity index (χ1v) is 6.68. The molecule has 1 aromatic rings. The molecule has 0 fully saturated rings. The summed E-state index contributed by atoms with van der Waals surface area (Å²) in [6, 6.07) is 2.54. The first kappa shape index (κ1) is 15.1. The van der Waals surface area contributed by atoms with Crippen LogP contribution >= 0.6 is 0 Å². The summed E-state index contributed by atoms with van der Waals surface area (Å²) in [6.07, 6.45) is 0.328. The highest BCUT2D eigenvalue weighted by Crippen LogP contribution is 2.26. The van der Waals surface area contributed by atoms with E-state index in [1.165, 1.54) is 0 Å². The van der Waals surface area contributed by atoms with Gasteiger partial charge in [0.15, 0.2) is 11.6 Å². The number of hydrogen-bond donors (Lipinski definition) is 2. The minimum Gasteiger partial charge on any atom is -0.484 e. The van der Waals surface area contributed by atoms with E-state index in [2.05, 4.69) is 15.6 Å². The molecule has 0 aliphatic carbocycles. The third-order valence-corrected chi connectivity index (χ3v) is 2.75. The number of aromatic nitrogens is 1. The van der Waals surface area contributed by atoms with Crippen molar-refractivity contribution in [3.05, 3.63) is 18.3 Å². The largest absolute Gasteiger partial charge is 0.484 e. The van der Waals surface area contributed by atoms with E-state index in [9.17, 15) is 9.59 Å². The highest BCUT2D eigenvalue weighted by atomic mass is 16.6. The molecule has 1 aliphatic rings. The van der Waals surface area contributed by atoms with Crippen LogP contribution in [0.25, 0.3) is 0 Å². The van der Waals surface area contributed by atoms with Crippen LogP contribution in [-0.4, -0.2) is 34.7 Å². The Morgan fingerprint density at radius 1 is 1.48 bits per heavy atom. The minimum absolute atomic E-state index is 0.336. The van der Waals surface area contributed by atoms with Gasteiger partial charge in [0.2, 0.25) is 0 Å². The predicted octanol–water partition coefficient (Wildman–Crippen LogP) is 1.69. The van der Waals surface area contributed by atoms with Crippen LogP contribution < -0.4 is 15.4 Å². The second-order valence-corrected chi connectivity index (χ2v) is 5.79. The molecule has 7 nitrogen and oxygen atoms in total. The quantitative estimate of drug-likeness (QED) is 0.822. The molecular formula is C14H19N3O4. The van der Waals surface area contributed by atoms with E-state index in [0.717, 1.165) is 0 Å². The van der Waals surface area contributed by atoms with Crippen LogP contribution in [-0.2, 0) is 9.53 Å². The zero-order valence-electron chi connectivity index (χ0n) is 12.5. The van der Waals surface area contributed by atoms with Crippen molar-refractivity contribution in [3.63, 3.8) is 0 Å². The fourth-order valence-corrected chi connectivity index (χ4v) is 1.87. The van der Waals surface area contributed by atoms with Gasteiger partial charge in [0, 0.05) is 6.20 Å². The van der Waals surface area contributed by atoms with Crippen LogP contribution in [0, 0.1) is 0 Å². The number of rotatable bonds is 1. The third kappa shape index (κ3) is 3.84. The van der Waals surface area contributed by atoms with Gasteiger partial charge in [-0.05, 0) is 39.8 Å². The van der Waals surface area contributed by atoms with Gasteiger partial charge in [0.05, 0.1) is 0 Å². The second-order valence-electron chi connectivity index (χ2n) is 5.79. The molecule has 21 heavy (non-hydrogen) atoms. The van der Waals surface area contributed by atoms with Gasteiger partial charge < -0.3 is 20.1 Å². The van der Waals surface area contributed by atoms with Gasteiger partial charge in [-0.15, -0.1) is 0 Å². The first-order valence-electron chi connectivity index (χ1n) is 6.68. The van der Waals surface area contributed by atoms with E-state index in [-0.39, 0.29) is 0 Å². The number of ether oxygens (including phenoxy) is 2. The van der Waals surface area contributed by atoms with E-state index in [4.69, 9.17) is 9.47 Å². The number of pyridine rings is 1. The topological polar surface area (TPSA) is 89.5 Å². The number of nitrogens with zero attached hydrogens (tertiary/aromatic N) is 1. The van der Waals surface area contributed by atoms with Crippen molar-refractivity contribution in [1.29, 1.82) is 0 Å². The van der Waals surface area contributed by atoms with Gasteiger partial charge >= 0.3 is 6.09 Å². The lowest BCUT2D eigenvalue weighted by atomic mass is 10.1. The average molecular weight is 293 g/mol. The number of nitrogens with one attached hydrogen (secondary N) is 2. The van der Waals surface area contributed by atoms with E-state index in [1.54, 1.807) is 46.0 Å². The highest BCUT2D eigenvalue weighted by molar-refractivity contribution is 5.98. The summed E-state index contributed by atoms with van der Waals surface area (Å²) in [7, 11) is 0. The van der Waals surface area contributed by atoms with Crippen LogP contribution in [0.5, 0.6) is 5.75 Å². The second kappa shape index (κ2) is 5.59. The summed E-state index contributed by atoms with van der Waals surface area (Å²) in [5.41, 5.74) is -0.639. The Balaban J connectivity index is 2.11. The molecule has 0 saturated heterocycles. The number of amides is 2. The first-order chi connectivity index (χ1) is 9.76. The maximum Gasteiger partial charge on any atom is 0.408 e.